The van der Waals surface area contributed by atoms with Gasteiger partial charge in [0.05, 0.1) is 5.01 Å². The summed E-state index contributed by atoms with van der Waals surface area (Å²) in [6, 6.07) is 0. The Hall–Kier alpha value is -0.400. The zero-order chi connectivity index (χ0) is 15.6. The molecule has 2 fully saturated rings. The third kappa shape index (κ3) is 4.41. The Kier molecular flexibility index (Phi) is 8.42. The van der Waals surface area contributed by atoms with Crippen LogP contribution < -0.4 is 5.32 Å². The van der Waals surface area contributed by atoms with Crippen molar-refractivity contribution in [3.8, 4) is 0 Å². The van der Waals surface area contributed by atoms with E-state index < -0.39 is 5.60 Å². The van der Waals surface area contributed by atoms with Gasteiger partial charge in [-0.15, -0.1) is 36.2 Å². The molecular weight excluding hydrogens is 369 g/mol. The number of aryl methyl sites for hydroxylation is 1. The van der Waals surface area contributed by atoms with Crippen LogP contribution >= 0.6 is 36.2 Å². The molecule has 1 aromatic rings. The molecule has 3 heterocycles. The molecule has 1 amide bonds. The fraction of sp³-hybridized carbons (Fsp3) is 0.750. The molecule has 2 aliphatic heterocycles. The Balaban J connectivity index is 0.00000144. The average molecular weight is 396 g/mol. The number of rotatable bonds is 3. The number of amides is 1. The van der Waals surface area contributed by atoms with E-state index in [0.29, 0.717) is 5.92 Å². The van der Waals surface area contributed by atoms with Crippen LogP contribution in [0.5, 0.6) is 0 Å². The molecule has 1 aromatic heterocycles. The van der Waals surface area contributed by atoms with Crippen molar-refractivity contribution >= 4 is 42.1 Å². The number of aromatic nitrogens is 1. The third-order valence-electron chi connectivity index (χ3n) is 4.89. The van der Waals surface area contributed by atoms with Gasteiger partial charge in [-0.3, -0.25) is 4.79 Å². The van der Waals surface area contributed by atoms with Crippen molar-refractivity contribution < 1.29 is 9.53 Å². The quantitative estimate of drug-likeness (QED) is 0.854. The van der Waals surface area contributed by atoms with Crippen molar-refractivity contribution in [2.45, 2.75) is 44.1 Å². The highest BCUT2D eigenvalue weighted by Gasteiger charge is 2.43. The van der Waals surface area contributed by atoms with Gasteiger partial charge in [0.25, 0.3) is 5.91 Å². The van der Waals surface area contributed by atoms with Gasteiger partial charge in [0.1, 0.15) is 5.60 Å². The predicted octanol–water partition coefficient (Wildman–Crippen LogP) is 2.77. The van der Waals surface area contributed by atoms with Crippen LogP contribution in [0, 0.1) is 6.92 Å². The van der Waals surface area contributed by atoms with Crippen molar-refractivity contribution in [2.75, 3.05) is 33.3 Å². The first-order valence-electron chi connectivity index (χ1n) is 8.12. The number of carbonyl (C=O) groups is 1. The lowest BCUT2D eigenvalue weighted by Gasteiger charge is -2.41. The van der Waals surface area contributed by atoms with E-state index >= 15 is 0 Å². The smallest absolute Gasteiger partial charge is 0.254 e. The van der Waals surface area contributed by atoms with E-state index in [1.54, 1.807) is 18.4 Å². The van der Waals surface area contributed by atoms with Gasteiger partial charge in [0.15, 0.2) is 0 Å². The van der Waals surface area contributed by atoms with Gasteiger partial charge < -0.3 is 15.0 Å². The third-order valence-corrected chi connectivity index (χ3v) is 6.01. The molecule has 0 bridgehead atoms. The van der Waals surface area contributed by atoms with Gasteiger partial charge in [-0.2, -0.15) is 0 Å². The van der Waals surface area contributed by atoms with E-state index in [1.807, 2.05) is 11.8 Å². The van der Waals surface area contributed by atoms with Crippen molar-refractivity contribution in [1.29, 1.82) is 0 Å². The maximum Gasteiger partial charge on any atom is 0.254 e. The zero-order valence-electron chi connectivity index (χ0n) is 14.2. The molecule has 0 radical (unpaired) electrons. The monoisotopic (exact) mass is 395 g/mol. The minimum Gasteiger partial charge on any atom is -0.368 e. The summed E-state index contributed by atoms with van der Waals surface area (Å²) >= 11 is 1.72. The Labute approximate surface area is 160 Å². The van der Waals surface area contributed by atoms with Gasteiger partial charge in [0.2, 0.25) is 0 Å². The lowest BCUT2D eigenvalue weighted by atomic mass is 9.88. The second kappa shape index (κ2) is 9.34. The molecule has 8 heteroatoms. The van der Waals surface area contributed by atoms with Crippen LogP contribution in [0.15, 0.2) is 5.38 Å². The van der Waals surface area contributed by atoms with Crippen LogP contribution in [0.3, 0.4) is 0 Å². The number of thiazole rings is 1. The van der Waals surface area contributed by atoms with Gasteiger partial charge in [-0.1, -0.05) is 0 Å². The fourth-order valence-corrected chi connectivity index (χ4v) is 4.47. The van der Waals surface area contributed by atoms with Crippen molar-refractivity contribution in [1.82, 2.24) is 15.2 Å². The molecular formula is C16H27Cl2N3O2S. The minimum atomic E-state index is -0.619. The summed E-state index contributed by atoms with van der Waals surface area (Å²) < 4.78 is 5.69. The van der Waals surface area contributed by atoms with E-state index in [9.17, 15) is 4.79 Å². The fourth-order valence-electron chi connectivity index (χ4n) is 3.55. The topological polar surface area (TPSA) is 54.5 Å². The normalized spacial score (nSPS) is 23.1. The molecule has 138 valence electrons. The summed E-state index contributed by atoms with van der Waals surface area (Å²) in [7, 11) is 1.68. The summed E-state index contributed by atoms with van der Waals surface area (Å²) in [5.74, 6) is 0.557. The summed E-state index contributed by atoms with van der Waals surface area (Å²) in [6.45, 7) is 5.36. The average Bonchev–Trinajstić information content (AvgIpc) is 3.01. The predicted molar refractivity (Wildman–Crippen MR) is 102 cm³/mol. The standard InChI is InChI=1S/C16H25N3O2S.2ClH/c1-12-11-22-14(18-12)13-4-3-9-19(10-13)15(20)16(21-2)5-7-17-8-6-16;;/h11,13,17H,3-10H2,1-2H3;2*1H. The number of piperidine rings is 2. The van der Waals surface area contributed by atoms with E-state index in [2.05, 4.69) is 15.7 Å². The number of methoxy groups -OCH3 is 1. The molecule has 0 aromatic carbocycles. The van der Waals surface area contributed by atoms with Gasteiger partial charge >= 0.3 is 0 Å². The Morgan fingerprint density at radius 2 is 2.12 bits per heavy atom. The Morgan fingerprint density at radius 3 is 2.71 bits per heavy atom. The zero-order valence-corrected chi connectivity index (χ0v) is 16.7. The molecule has 0 saturated carbocycles. The molecule has 2 aliphatic rings. The molecule has 1 N–H and O–H groups in total. The highest BCUT2D eigenvalue weighted by molar-refractivity contribution is 7.09. The number of carbonyl (C=O) groups excluding carboxylic acids is 1. The second-order valence-electron chi connectivity index (χ2n) is 6.37. The highest BCUT2D eigenvalue weighted by atomic mass is 35.5. The largest absolute Gasteiger partial charge is 0.368 e. The number of hydrogen-bond acceptors (Lipinski definition) is 5. The number of nitrogens with one attached hydrogen (secondary N) is 1. The van der Waals surface area contributed by atoms with Crippen LogP contribution in [0.1, 0.15) is 42.3 Å². The lowest BCUT2D eigenvalue weighted by molar-refractivity contribution is -0.159. The molecule has 0 aliphatic carbocycles. The Bertz CT molecular complexity index is 535. The molecule has 5 nitrogen and oxygen atoms in total. The van der Waals surface area contributed by atoms with E-state index in [4.69, 9.17) is 4.74 Å². The van der Waals surface area contributed by atoms with E-state index in [-0.39, 0.29) is 30.7 Å². The lowest BCUT2D eigenvalue weighted by Crippen LogP contribution is -2.56. The number of nitrogens with zero attached hydrogens (tertiary/aromatic N) is 2. The van der Waals surface area contributed by atoms with Crippen LogP contribution in [0.2, 0.25) is 0 Å². The molecule has 24 heavy (non-hydrogen) atoms. The molecule has 1 atom stereocenters. The number of likely N-dealkylation sites (tertiary alicyclic amines) is 1. The van der Waals surface area contributed by atoms with E-state index in [0.717, 1.165) is 57.6 Å². The van der Waals surface area contributed by atoms with Crippen molar-refractivity contribution in [3.05, 3.63) is 16.1 Å². The highest BCUT2D eigenvalue weighted by Crippen LogP contribution is 2.32. The molecule has 1 unspecified atom stereocenters. The van der Waals surface area contributed by atoms with Crippen LogP contribution in [-0.4, -0.2) is 54.7 Å². The number of hydrogen-bond donors (Lipinski definition) is 1. The summed E-state index contributed by atoms with van der Waals surface area (Å²) in [4.78, 5) is 19.7. The summed E-state index contributed by atoms with van der Waals surface area (Å²) in [5, 5.41) is 6.58. The van der Waals surface area contributed by atoms with Crippen molar-refractivity contribution in [2.24, 2.45) is 0 Å². The maximum absolute atomic E-state index is 13.0. The summed E-state index contributed by atoms with van der Waals surface area (Å²) in [5.41, 5.74) is 0.460. The first-order chi connectivity index (χ1) is 10.6. The number of halogens is 2. The maximum atomic E-state index is 13.0. The molecule has 0 spiro atoms. The molecule has 2 saturated heterocycles. The van der Waals surface area contributed by atoms with Gasteiger partial charge in [-0.05, 0) is 45.7 Å². The summed E-state index contributed by atoms with van der Waals surface area (Å²) in [6.07, 6.45) is 3.70. The second-order valence-corrected chi connectivity index (χ2v) is 7.26. The first kappa shape index (κ1) is 21.6. The van der Waals surface area contributed by atoms with Crippen molar-refractivity contribution in [3.63, 3.8) is 0 Å². The van der Waals surface area contributed by atoms with Gasteiger partial charge in [0, 0.05) is 37.2 Å². The van der Waals surface area contributed by atoms with Crippen LogP contribution in [-0.2, 0) is 9.53 Å². The van der Waals surface area contributed by atoms with Crippen LogP contribution in [0.25, 0.3) is 0 Å². The minimum absolute atomic E-state index is 0. The number of ether oxygens (including phenoxy) is 1. The van der Waals surface area contributed by atoms with E-state index in [1.165, 1.54) is 5.01 Å². The Morgan fingerprint density at radius 1 is 1.42 bits per heavy atom. The van der Waals surface area contributed by atoms with Crippen LogP contribution in [0.4, 0.5) is 0 Å². The molecule has 3 rings (SSSR count). The van der Waals surface area contributed by atoms with Gasteiger partial charge in [-0.25, -0.2) is 4.98 Å². The SMILES string of the molecule is COC1(C(=O)N2CCCC(c3nc(C)cs3)C2)CCNCC1.Cl.Cl. The first-order valence-corrected chi connectivity index (χ1v) is 9.00.